The predicted molar refractivity (Wildman–Crippen MR) is 156 cm³/mol. The first-order chi connectivity index (χ1) is 20.4. The molecule has 4 atom stereocenters. The van der Waals surface area contributed by atoms with Crippen molar-refractivity contribution in [1.29, 1.82) is 0 Å². The number of phenolic OH excluding ortho intramolecular Hbond substituents is 1. The maximum absolute atomic E-state index is 14.1. The van der Waals surface area contributed by atoms with E-state index in [0.717, 1.165) is 36.3 Å². The maximum Gasteiger partial charge on any atom is 0.255 e. The van der Waals surface area contributed by atoms with Crippen LogP contribution in [-0.4, -0.2) is 99.7 Å². The molecule has 43 heavy (non-hydrogen) atoms. The molecule has 2 aromatic rings. The SMILES string of the molecule is CN(C)[C@@H]1C(=O)C(C(N)=O)=C(O)[C@@]2(O)C(=O)C3=C(O)c4c(O)ccc(-c5cccc(CN6CCOCC6)c5)c4CC3CC12. The summed E-state index contributed by atoms with van der Waals surface area (Å²) in [6.45, 7) is 3.80. The Hall–Kier alpha value is -4.03. The molecule has 6 rings (SSSR count). The average molecular weight is 590 g/mol. The molecule has 1 heterocycles. The molecule has 11 nitrogen and oxygen atoms in total. The monoisotopic (exact) mass is 589 g/mol. The number of aromatic hydroxyl groups is 1. The first-order valence-electron chi connectivity index (χ1n) is 14.3. The fraction of sp³-hybridized carbons (Fsp3) is 0.406. The van der Waals surface area contributed by atoms with Crippen LogP contribution in [-0.2, 0) is 32.1 Å². The third-order valence-corrected chi connectivity index (χ3v) is 9.35. The minimum atomic E-state index is -2.66. The fourth-order valence-electron chi connectivity index (χ4n) is 7.37. The summed E-state index contributed by atoms with van der Waals surface area (Å²) in [7, 11) is 3.15. The van der Waals surface area contributed by atoms with Gasteiger partial charge in [0.05, 0.1) is 24.8 Å². The van der Waals surface area contributed by atoms with E-state index in [-0.39, 0.29) is 29.7 Å². The summed E-state index contributed by atoms with van der Waals surface area (Å²) in [6.07, 6.45) is 0.268. The second-order valence-electron chi connectivity index (χ2n) is 12.0. The van der Waals surface area contributed by atoms with Gasteiger partial charge in [-0.2, -0.15) is 0 Å². The lowest BCUT2D eigenvalue weighted by Crippen LogP contribution is -2.65. The molecule has 1 saturated heterocycles. The zero-order valence-electron chi connectivity index (χ0n) is 24.0. The number of primary amides is 1. The molecular formula is C32H35N3O8. The van der Waals surface area contributed by atoms with Crippen LogP contribution in [0.4, 0.5) is 0 Å². The summed E-state index contributed by atoms with van der Waals surface area (Å²) >= 11 is 0. The van der Waals surface area contributed by atoms with Crippen molar-refractivity contribution in [1.82, 2.24) is 9.80 Å². The third-order valence-electron chi connectivity index (χ3n) is 9.35. The topological polar surface area (TPSA) is 174 Å². The second kappa shape index (κ2) is 10.6. The van der Waals surface area contributed by atoms with Gasteiger partial charge in [-0.15, -0.1) is 0 Å². The number of ether oxygens (including phenoxy) is 1. The number of likely N-dealkylation sites (N-methyl/N-ethyl adjacent to an activating group) is 1. The van der Waals surface area contributed by atoms with E-state index >= 15 is 0 Å². The van der Waals surface area contributed by atoms with Crippen LogP contribution in [0.3, 0.4) is 0 Å². The van der Waals surface area contributed by atoms with Crippen LogP contribution >= 0.6 is 0 Å². The molecule has 0 radical (unpaired) electrons. The number of phenols is 1. The summed E-state index contributed by atoms with van der Waals surface area (Å²) in [5.74, 6) is -6.66. The lowest BCUT2D eigenvalue weighted by atomic mass is 9.57. The van der Waals surface area contributed by atoms with E-state index in [1.54, 1.807) is 20.2 Å². The van der Waals surface area contributed by atoms with Gasteiger partial charge in [0, 0.05) is 31.1 Å². The summed E-state index contributed by atoms with van der Waals surface area (Å²) in [5, 5.41) is 45.2. The number of rotatable bonds is 5. The lowest BCUT2D eigenvalue weighted by molar-refractivity contribution is -0.153. The van der Waals surface area contributed by atoms with Crippen molar-refractivity contribution >= 4 is 23.2 Å². The van der Waals surface area contributed by atoms with Gasteiger partial charge in [-0.3, -0.25) is 24.2 Å². The Kier molecular flexibility index (Phi) is 7.16. The van der Waals surface area contributed by atoms with Crippen molar-refractivity contribution in [2.24, 2.45) is 17.6 Å². The highest BCUT2D eigenvalue weighted by molar-refractivity contribution is 6.24. The Morgan fingerprint density at radius 3 is 2.51 bits per heavy atom. The molecule has 0 bridgehead atoms. The largest absolute Gasteiger partial charge is 0.508 e. The van der Waals surface area contributed by atoms with Gasteiger partial charge in [-0.05, 0) is 67.2 Å². The second-order valence-corrected chi connectivity index (χ2v) is 12.0. The van der Waals surface area contributed by atoms with Crippen molar-refractivity contribution < 1.29 is 39.5 Å². The van der Waals surface area contributed by atoms with Gasteiger partial charge in [0.1, 0.15) is 22.8 Å². The zero-order chi connectivity index (χ0) is 30.8. The molecule has 2 unspecified atom stereocenters. The van der Waals surface area contributed by atoms with E-state index in [1.165, 1.54) is 11.0 Å². The molecule has 1 saturated carbocycles. The molecule has 11 heteroatoms. The number of carbonyl (C=O) groups is 3. The Bertz CT molecular complexity index is 1610. The smallest absolute Gasteiger partial charge is 0.255 e. The number of Topliss-reactive ketones (excluding diaryl/α,β-unsaturated/α-hetero) is 2. The standard InChI is InChI=1S/C32H35N3O8/c1-34(2)26-21-14-18-13-20-19(17-5-3-4-16(12-17)15-35-8-10-43-11-9-35)6-7-22(36)24(20)27(37)23(18)29(39)32(21,42)30(40)25(28(26)38)31(33)41/h3-7,12,18,21,26,36-37,40,42H,8-11,13-15H2,1-2H3,(H2,33,41)/t18?,21?,26-,32-/m0/s1. The predicted octanol–water partition coefficient (Wildman–Crippen LogP) is 1.46. The number of aliphatic hydroxyl groups is 3. The Morgan fingerprint density at radius 1 is 1.12 bits per heavy atom. The van der Waals surface area contributed by atoms with Crippen molar-refractivity contribution in [2.75, 3.05) is 40.4 Å². The number of morpholine rings is 1. The summed E-state index contributed by atoms with van der Waals surface area (Å²) < 4.78 is 5.46. The van der Waals surface area contributed by atoms with E-state index in [1.807, 2.05) is 18.2 Å². The number of benzene rings is 2. The molecule has 1 amide bonds. The van der Waals surface area contributed by atoms with Crippen molar-refractivity contribution in [2.45, 2.75) is 31.0 Å². The van der Waals surface area contributed by atoms with E-state index in [0.29, 0.717) is 18.8 Å². The molecule has 6 N–H and O–H groups in total. The van der Waals surface area contributed by atoms with Gasteiger partial charge in [0.15, 0.2) is 11.4 Å². The fourth-order valence-corrected chi connectivity index (χ4v) is 7.37. The van der Waals surface area contributed by atoms with E-state index < -0.39 is 58.0 Å². The summed E-state index contributed by atoms with van der Waals surface area (Å²) in [6, 6.07) is 10.1. The first kappa shape index (κ1) is 29.1. The van der Waals surface area contributed by atoms with Crippen molar-refractivity contribution in [3.63, 3.8) is 0 Å². The van der Waals surface area contributed by atoms with Crippen LogP contribution in [0.2, 0.25) is 0 Å². The molecule has 3 aliphatic carbocycles. The van der Waals surface area contributed by atoms with Crippen molar-refractivity contribution in [3.8, 4) is 16.9 Å². The third kappa shape index (κ3) is 4.46. The highest BCUT2D eigenvalue weighted by atomic mass is 16.5. The number of ketones is 2. The Morgan fingerprint density at radius 2 is 1.84 bits per heavy atom. The highest BCUT2D eigenvalue weighted by Gasteiger charge is 2.64. The molecule has 2 fully saturated rings. The molecule has 2 aromatic carbocycles. The normalized spacial score (nSPS) is 27.7. The molecule has 4 aliphatic rings. The average Bonchev–Trinajstić information content (AvgIpc) is 2.95. The maximum atomic E-state index is 14.1. The van der Waals surface area contributed by atoms with Crippen LogP contribution < -0.4 is 5.73 Å². The van der Waals surface area contributed by atoms with Crippen LogP contribution in [0.25, 0.3) is 16.9 Å². The van der Waals surface area contributed by atoms with E-state index in [9.17, 15) is 34.8 Å². The molecule has 1 aliphatic heterocycles. The number of hydrogen-bond acceptors (Lipinski definition) is 10. The lowest BCUT2D eigenvalue weighted by Gasteiger charge is -2.50. The number of aliphatic hydroxyl groups excluding tert-OH is 2. The number of amides is 1. The molecule has 0 aromatic heterocycles. The molecular weight excluding hydrogens is 554 g/mol. The highest BCUT2D eigenvalue weighted by Crippen LogP contribution is 2.53. The quantitative estimate of drug-likeness (QED) is 0.321. The Labute approximate surface area is 248 Å². The van der Waals surface area contributed by atoms with Gasteiger partial charge >= 0.3 is 0 Å². The van der Waals surface area contributed by atoms with Crippen molar-refractivity contribution in [3.05, 3.63) is 70.0 Å². The summed E-state index contributed by atoms with van der Waals surface area (Å²) in [5.41, 5.74) is 5.19. The van der Waals surface area contributed by atoms with Crippen LogP contribution in [0.1, 0.15) is 23.1 Å². The van der Waals surface area contributed by atoms with Gasteiger partial charge < -0.3 is 30.9 Å². The molecule has 0 spiro atoms. The van der Waals surface area contributed by atoms with Gasteiger partial charge in [-0.1, -0.05) is 24.3 Å². The van der Waals surface area contributed by atoms with Gasteiger partial charge in [-0.25, -0.2) is 0 Å². The number of nitrogens with two attached hydrogens (primary N) is 1. The van der Waals surface area contributed by atoms with Gasteiger partial charge in [0.25, 0.3) is 5.91 Å². The number of fused-ring (bicyclic) bond motifs is 3. The molecule has 226 valence electrons. The van der Waals surface area contributed by atoms with Crippen LogP contribution in [0.15, 0.2) is 53.3 Å². The van der Waals surface area contributed by atoms with Crippen LogP contribution in [0, 0.1) is 11.8 Å². The number of carbonyl (C=O) groups excluding carboxylic acids is 3. The Balaban J connectivity index is 1.46. The minimum Gasteiger partial charge on any atom is -0.508 e. The zero-order valence-corrected chi connectivity index (χ0v) is 24.0. The van der Waals surface area contributed by atoms with Gasteiger partial charge in [0.2, 0.25) is 5.78 Å². The number of hydrogen-bond donors (Lipinski definition) is 5. The number of nitrogens with zero attached hydrogens (tertiary/aromatic N) is 2. The van der Waals surface area contributed by atoms with E-state index in [2.05, 4.69) is 11.0 Å². The van der Waals surface area contributed by atoms with E-state index in [4.69, 9.17) is 10.5 Å². The first-order valence-corrected chi connectivity index (χ1v) is 14.3. The summed E-state index contributed by atoms with van der Waals surface area (Å²) in [4.78, 5) is 43.3. The minimum absolute atomic E-state index is 0.0396. The van der Waals surface area contributed by atoms with Crippen LogP contribution in [0.5, 0.6) is 5.75 Å².